The Labute approximate surface area is 95.1 Å². The van der Waals surface area contributed by atoms with Gasteiger partial charge in [-0.2, -0.15) is 0 Å². The van der Waals surface area contributed by atoms with Crippen LogP contribution >= 0.6 is 0 Å². The first-order valence-electron chi connectivity index (χ1n) is 5.65. The van der Waals surface area contributed by atoms with Crippen molar-refractivity contribution in [3.8, 4) is 0 Å². The number of aromatic nitrogens is 1. The molecule has 0 amide bonds. The summed E-state index contributed by atoms with van der Waals surface area (Å²) >= 11 is 0. The fourth-order valence-electron chi connectivity index (χ4n) is 2.43. The number of fused-ring (bicyclic) bond motifs is 3. The molecule has 0 aliphatic rings. The molecule has 2 aromatic carbocycles. The lowest BCUT2D eigenvalue weighted by Gasteiger charge is -2.00. The Hall–Kier alpha value is -1.76. The second-order valence-electron chi connectivity index (χ2n) is 4.62. The van der Waals surface area contributed by atoms with Crippen LogP contribution in [-0.4, -0.2) is 4.98 Å². The molecule has 1 nitrogen and oxygen atoms in total. The van der Waals surface area contributed by atoms with Crippen LogP contribution < -0.4 is 0 Å². The van der Waals surface area contributed by atoms with Crippen LogP contribution in [0.1, 0.15) is 16.7 Å². The summed E-state index contributed by atoms with van der Waals surface area (Å²) in [6.07, 6.45) is 0. The molecule has 1 heteroatoms. The van der Waals surface area contributed by atoms with Crippen LogP contribution in [0.15, 0.2) is 30.3 Å². The summed E-state index contributed by atoms with van der Waals surface area (Å²) < 4.78 is 0. The van der Waals surface area contributed by atoms with E-state index in [2.05, 4.69) is 56.1 Å². The molecule has 0 saturated carbocycles. The van der Waals surface area contributed by atoms with Gasteiger partial charge in [-0.15, -0.1) is 0 Å². The van der Waals surface area contributed by atoms with E-state index >= 15 is 0 Å². The number of aromatic amines is 1. The summed E-state index contributed by atoms with van der Waals surface area (Å²) in [5.41, 5.74) is 6.49. The fraction of sp³-hybridized carbons (Fsp3) is 0.200. The largest absolute Gasteiger partial charge is 0.354 e. The van der Waals surface area contributed by atoms with Crippen molar-refractivity contribution < 1.29 is 0 Å². The van der Waals surface area contributed by atoms with E-state index in [0.717, 1.165) is 0 Å². The van der Waals surface area contributed by atoms with E-state index in [1.165, 1.54) is 38.5 Å². The molecule has 0 fully saturated rings. The van der Waals surface area contributed by atoms with Crippen molar-refractivity contribution in [2.24, 2.45) is 0 Å². The zero-order valence-electron chi connectivity index (χ0n) is 9.89. The van der Waals surface area contributed by atoms with E-state index in [0.29, 0.717) is 0 Å². The summed E-state index contributed by atoms with van der Waals surface area (Å²) in [6.45, 7) is 6.48. The van der Waals surface area contributed by atoms with E-state index in [-0.39, 0.29) is 0 Å². The predicted octanol–water partition coefficient (Wildman–Crippen LogP) is 4.25. The second-order valence-corrected chi connectivity index (χ2v) is 4.62. The molecule has 0 radical (unpaired) electrons. The van der Waals surface area contributed by atoms with Crippen LogP contribution in [0, 0.1) is 20.8 Å². The van der Waals surface area contributed by atoms with Gasteiger partial charge < -0.3 is 4.98 Å². The number of benzene rings is 2. The molecular formula is C15H15N. The Kier molecular flexibility index (Phi) is 1.84. The Morgan fingerprint density at radius 2 is 1.62 bits per heavy atom. The highest BCUT2D eigenvalue weighted by molar-refractivity contribution is 6.10. The molecule has 1 heterocycles. The lowest BCUT2D eigenvalue weighted by molar-refractivity contribution is 1.42. The summed E-state index contributed by atoms with van der Waals surface area (Å²) in [7, 11) is 0. The van der Waals surface area contributed by atoms with Crippen LogP contribution in [-0.2, 0) is 0 Å². The Balaban J connectivity index is 2.62. The molecule has 3 rings (SSSR count). The number of nitrogens with one attached hydrogen (secondary N) is 1. The highest BCUT2D eigenvalue weighted by Crippen LogP contribution is 2.30. The predicted molar refractivity (Wildman–Crippen MR) is 70.0 cm³/mol. The summed E-state index contributed by atoms with van der Waals surface area (Å²) in [6, 6.07) is 11.0. The van der Waals surface area contributed by atoms with E-state index in [4.69, 9.17) is 0 Å². The SMILES string of the molecule is Cc1ccc2[nH]c3c(C)ccc(C)c3c2c1. The molecule has 0 atom stereocenters. The van der Waals surface area contributed by atoms with Gasteiger partial charge in [0.1, 0.15) is 0 Å². The van der Waals surface area contributed by atoms with Gasteiger partial charge >= 0.3 is 0 Å². The van der Waals surface area contributed by atoms with Gasteiger partial charge in [0, 0.05) is 21.8 Å². The van der Waals surface area contributed by atoms with Crippen LogP contribution in [0.3, 0.4) is 0 Å². The molecule has 0 unspecified atom stereocenters. The quantitative estimate of drug-likeness (QED) is 0.569. The second kappa shape index (κ2) is 3.11. The third-order valence-corrected chi connectivity index (χ3v) is 3.33. The fourth-order valence-corrected chi connectivity index (χ4v) is 2.43. The van der Waals surface area contributed by atoms with Crippen molar-refractivity contribution in [1.29, 1.82) is 0 Å². The molecule has 16 heavy (non-hydrogen) atoms. The summed E-state index contributed by atoms with van der Waals surface area (Å²) in [4.78, 5) is 3.51. The minimum Gasteiger partial charge on any atom is -0.354 e. The first kappa shape index (κ1) is 9.46. The van der Waals surface area contributed by atoms with Gasteiger partial charge in [0.2, 0.25) is 0 Å². The molecular weight excluding hydrogens is 194 g/mol. The van der Waals surface area contributed by atoms with E-state index < -0.39 is 0 Å². The first-order valence-corrected chi connectivity index (χ1v) is 5.65. The van der Waals surface area contributed by atoms with Crippen molar-refractivity contribution in [2.75, 3.05) is 0 Å². The maximum absolute atomic E-state index is 3.51. The molecule has 0 aliphatic heterocycles. The van der Waals surface area contributed by atoms with Crippen molar-refractivity contribution in [2.45, 2.75) is 20.8 Å². The van der Waals surface area contributed by atoms with E-state index in [9.17, 15) is 0 Å². The normalized spacial score (nSPS) is 11.4. The van der Waals surface area contributed by atoms with Crippen molar-refractivity contribution in [3.05, 3.63) is 47.0 Å². The van der Waals surface area contributed by atoms with E-state index in [1.54, 1.807) is 0 Å². The van der Waals surface area contributed by atoms with Crippen LogP contribution in [0.4, 0.5) is 0 Å². The van der Waals surface area contributed by atoms with Gasteiger partial charge in [0.25, 0.3) is 0 Å². The number of rotatable bonds is 0. The van der Waals surface area contributed by atoms with Gasteiger partial charge in [-0.3, -0.25) is 0 Å². The molecule has 0 bridgehead atoms. The van der Waals surface area contributed by atoms with Crippen molar-refractivity contribution >= 4 is 21.8 Å². The van der Waals surface area contributed by atoms with E-state index in [1.807, 2.05) is 0 Å². The average Bonchev–Trinajstić information content (AvgIpc) is 2.63. The molecule has 0 saturated heterocycles. The smallest absolute Gasteiger partial charge is 0.0497 e. The highest BCUT2D eigenvalue weighted by Gasteiger charge is 2.08. The van der Waals surface area contributed by atoms with Crippen LogP contribution in [0.5, 0.6) is 0 Å². The Morgan fingerprint density at radius 1 is 0.875 bits per heavy atom. The van der Waals surface area contributed by atoms with Gasteiger partial charge in [-0.25, -0.2) is 0 Å². The summed E-state index contributed by atoms with van der Waals surface area (Å²) in [5, 5.41) is 2.72. The van der Waals surface area contributed by atoms with Gasteiger partial charge in [0.15, 0.2) is 0 Å². The van der Waals surface area contributed by atoms with Gasteiger partial charge in [0.05, 0.1) is 0 Å². The van der Waals surface area contributed by atoms with Crippen molar-refractivity contribution in [3.63, 3.8) is 0 Å². The van der Waals surface area contributed by atoms with Crippen LogP contribution in [0.2, 0.25) is 0 Å². The maximum Gasteiger partial charge on any atom is 0.0497 e. The number of hydrogen-bond acceptors (Lipinski definition) is 0. The Morgan fingerprint density at radius 3 is 2.44 bits per heavy atom. The zero-order valence-corrected chi connectivity index (χ0v) is 9.89. The minimum absolute atomic E-state index is 1.23. The average molecular weight is 209 g/mol. The zero-order chi connectivity index (χ0) is 11.3. The monoisotopic (exact) mass is 209 g/mol. The molecule has 1 aromatic heterocycles. The maximum atomic E-state index is 3.51. The minimum atomic E-state index is 1.23. The third-order valence-electron chi connectivity index (χ3n) is 3.33. The summed E-state index contributed by atoms with van der Waals surface area (Å²) in [5.74, 6) is 0. The molecule has 0 aliphatic carbocycles. The number of hydrogen-bond donors (Lipinski definition) is 1. The Bertz CT molecular complexity index is 689. The molecule has 3 aromatic rings. The lowest BCUT2D eigenvalue weighted by atomic mass is 10.0. The standard InChI is InChI=1S/C15H15N/c1-9-4-7-13-12(8-9)14-10(2)5-6-11(3)15(14)16-13/h4-8,16H,1-3H3. The third kappa shape index (κ3) is 1.18. The van der Waals surface area contributed by atoms with Gasteiger partial charge in [-0.1, -0.05) is 23.8 Å². The van der Waals surface area contributed by atoms with Gasteiger partial charge in [-0.05, 0) is 44.0 Å². The van der Waals surface area contributed by atoms with Crippen molar-refractivity contribution in [1.82, 2.24) is 4.98 Å². The van der Waals surface area contributed by atoms with Crippen LogP contribution in [0.25, 0.3) is 21.8 Å². The highest BCUT2D eigenvalue weighted by atomic mass is 14.7. The number of aryl methyl sites for hydroxylation is 3. The lowest BCUT2D eigenvalue weighted by Crippen LogP contribution is -1.79. The first-order chi connectivity index (χ1) is 7.66. The molecule has 0 spiro atoms. The molecule has 80 valence electrons. The topological polar surface area (TPSA) is 15.8 Å². The number of H-pyrrole nitrogens is 1. The molecule has 1 N–H and O–H groups in total.